The molecular formula is C43H73N3O13. The lowest BCUT2D eigenvalue weighted by Crippen LogP contribution is -2.61. The van der Waals surface area contributed by atoms with Crippen molar-refractivity contribution in [3.8, 4) is 0 Å². The van der Waals surface area contributed by atoms with Gasteiger partial charge in [0.1, 0.15) is 31.0 Å². The van der Waals surface area contributed by atoms with Gasteiger partial charge in [0.2, 0.25) is 0 Å². The van der Waals surface area contributed by atoms with Gasteiger partial charge in [-0.1, -0.05) is 38.9 Å². The number of methoxy groups -OCH3 is 1. The maximum atomic E-state index is 14.3. The van der Waals surface area contributed by atoms with Crippen molar-refractivity contribution >= 4 is 11.7 Å². The number of rotatable bonds is 10. The van der Waals surface area contributed by atoms with Gasteiger partial charge >= 0.3 is 5.97 Å². The fourth-order valence-corrected chi connectivity index (χ4v) is 9.52. The molecule has 4 rings (SSSR count). The summed E-state index contributed by atoms with van der Waals surface area (Å²) in [6, 6.07) is 3.42. The summed E-state index contributed by atoms with van der Waals surface area (Å²) in [7, 11) is 4.79. The second kappa shape index (κ2) is 20.2. The largest absolute Gasteiger partial charge is 0.459 e. The van der Waals surface area contributed by atoms with Crippen LogP contribution in [0, 0.1) is 23.7 Å². The van der Waals surface area contributed by atoms with E-state index in [1.54, 1.807) is 60.9 Å². The van der Waals surface area contributed by atoms with Gasteiger partial charge in [-0.3, -0.25) is 14.7 Å². The topological polar surface area (TPSA) is 211 Å². The van der Waals surface area contributed by atoms with E-state index in [-0.39, 0.29) is 25.4 Å². The predicted octanol–water partition coefficient (Wildman–Crippen LogP) is 3.18. The van der Waals surface area contributed by atoms with Crippen LogP contribution in [0.2, 0.25) is 0 Å². The number of aliphatic hydroxyl groups excluding tert-OH is 3. The molecule has 4 heterocycles. The maximum Gasteiger partial charge on any atom is 0.311 e. The molecule has 3 saturated heterocycles. The van der Waals surface area contributed by atoms with E-state index >= 15 is 0 Å². The normalized spacial score (nSPS) is 45.2. The Labute approximate surface area is 350 Å². The average Bonchev–Trinajstić information content (AvgIpc) is 3.18. The summed E-state index contributed by atoms with van der Waals surface area (Å²) in [6.07, 6.45) is -6.05. The van der Waals surface area contributed by atoms with Gasteiger partial charge in [0.25, 0.3) is 0 Å². The van der Waals surface area contributed by atoms with Gasteiger partial charge in [-0.25, -0.2) is 0 Å². The summed E-state index contributed by atoms with van der Waals surface area (Å²) < 4.78 is 37.9. The number of aliphatic hydroxyl groups is 5. The molecular weight excluding hydrogens is 766 g/mol. The molecule has 3 aliphatic rings. The standard InChI is InChI=1S/C43H73N3O13/c1-14-31-43(10,52)36(48)25(4)33(45-54-13)23(2)19-41(8,51)38(59-40-34(47)30(18-24(3)55-40)46(11)22-29-16-15-17-44-21-29)26(5)35(27(6)39(50)57-31)58-32-20-42(9,53-12)37(49)28(7)56-32/h15-17,21,23-28,30-32,34-38,40,47-49,51-52H,14,18-20,22H2,1-13H3/b45-33+/t23-,24?,25+,26+,27-,28?,30?,31-,32?,34?,35+,36-,37?,38-,40?,41-,42?,43-/m1/s1. The number of nitrogens with zero attached hydrogens (tertiary/aromatic N) is 3. The molecule has 0 bridgehead atoms. The number of carbonyl (C=O) groups excluding carboxylic acids is 1. The molecule has 0 amide bonds. The van der Waals surface area contributed by atoms with Crippen molar-refractivity contribution in [1.29, 1.82) is 0 Å². The van der Waals surface area contributed by atoms with Crippen LogP contribution in [0.1, 0.15) is 100 Å². The van der Waals surface area contributed by atoms with Crippen molar-refractivity contribution in [1.82, 2.24) is 9.88 Å². The third kappa shape index (κ3) is 11.2. The zero-order valence-electron chi connectivity index (χ0n) is 37.3. The number of hydrogen-bond acceptors (Lipinski definition) is 16. The molecule has 3 fully saturated rings. The second-order valence-corrected chi connectivity index (χ2v) is 18.1. The summed E-state index contributed by atoms with van der Waals surface area (Å²) in [4.78, 5) is 25.9. The number of likely N-dealkylation sites (N-methyl/N-ethyl adjacent to an activating group) is 1. The van der Waals surface area contributed by atoms with E-state index in [0.29, 0.717) is 18.7 Å². The first-order chi connectivity index (χ1) is 27.5. The van der Waals surface area contributed by atoms with Gasteiger partial charge in [0.15, 0.2) is 12.6 Å². The quantitative estimate of drug-likeness (QED) is 0.169. The highest BCUT2D eigenvalue weighted by molar-refractivity contribution is 5.88. The molecule has 0 aromatic carbocycles. The van der Waals surface area contributed by atoms with Crippen LogP contribution < -0.4 is 0 Å². The number of aromatic nitrogens is 1. The Balaban J connectivity index is 1.84. The summed E-state index contributed by atoms with van der Waals surface area (Å²) in [6.45, 7) is 17.6. The number of ether oxygens (including phenoxy) is 6. The van der Waals surface area contributed by atoms with Crippen molar-refractivity contribution in [2.45, 2.75) is 186 Å². The number of pyridine rings is 1. The molecule has 5 N–H and O–H groups in total. The van der Waals surface area contributed by atoms with Crippen molar-refractivity contribution in [3.05, 3.63) is 30.1 Å². The highest BCUT2D eigenvalue weighted by Crippen LogP contribution is 2.41. The van der Waals surface area contributed by atoms with Crippen molar-refractivity contribution in [2.75, 3.05) is 21.3 Å². The van der Waals surface area contributed by atoms with Gasteiger partial charge < -0.3 is 58.8 Å². The Morgan fingerprint density at radius 3 is 2.24 bits per heavy atom. The summed E-state index contributed by atoms with van der Waals surface area (Å²) in [5.41, 5.74) is -3.42. The summed E-state index contributed by atoms with van der Waals surface area (Å²) in [5, 5.41) is 63.7. The Bertz CT molecular complexity index is 1520. The molecule has 0 radical (unpaired) electrons. The van der Waals surface area contributed by atoms with E-state index in [9.17, 15) is 30.3 Å². The zero-order valence-corrected chi connectivity index (χ0v) is 37.3. The van der Waals surface area contributed by atoms with E-state index in [0.717, 1.165) is 5.56 Å². The minimum atomic E-state index is -1.93. The molecule has 16 nitrogen and oxygen atoms in total. The van der Waals surface area contributed by atoms with Gasteiger partial charge in [-0.15, -0.1) is 0 Å². The van der Waals surface area contributed by atoms with Crippen LogP contribution >= 0.6 is 0 Å². The minimum absolute atomic E-state index is 0.000233. The highest BCUT2D eigenvalue weighted by atomic mass is 16.7. The number of esters is 1. The minimum Gasteiger partial charge on any atom is -0.459 e. The van der Waals surface area contributed by atoms with Gasteiger partial charge in [0.05, 0.1) is 53.4 Å². The first-order valence-electron chi connectivity index (χ1n) is 21.1. The van der Waals surface area contributed by atoms with E-state index < -0.39 is 108 Å². The first kappa shape index (κ1) is 49.3. The summed E-state index contributed by atoms with van der Waals surface area (Å²) in [5.74, 6) is -4.01. The smallest absolute Gasteiger partial charge is 0.311 e. The average molecular weight is 840 g/mol. The fraction of sp³-hybridized carbons (Fsp3) is 0.837. The molecule has 8 unspecified atom stereocenters. The molecule has 0 aliphatic carbocycles. The number of hydrogen-bond donors (Lipinski definition) is 5. The van der Waals surface area contributed by atoms with Crippen LogP contribution in [0.4, 0.5) is 0 Å². The molecule has 338 valence electrons. The lowest BCUT2D eigenvalue weighted by atomic mass is 9.73. The monoisotopic (exact) mass is 840 g/mol. The third-order valence-corrected chi connectivity index (χ3v) is 13.1. The summed E-state index contributed by atoms with van der Waals surface area (Å²) >= 11 is 0. The Hall–Kier alpha value is -2.35. The van der Waals surface area contributed by atoms with Crippen LogP contribution in [0.25, 0.3) is 0 Å². The lowest BCUT2D eigenvalue weighted by Gasteiger charge is -2.49. The molecule has 0 spiro atoms. The number of cyclic esters (lactones) is 1. The molecule has 1 aromatic heterocycles. The van der Waals surface area contributed by atoms with E-state index in [4.69, 9.17) is 33.3 Å². The van der Waals surface area contributed by atoms with Gasteiger partial charge in [-0.2, -0.15) is 0 Å². The lowest BCUT2D eigenvalue weighted by molar-refractivity contribution is -0.318. The third-order valence-electron chi connectivity index (χ3n) is 13.1. The van der Waals surface area contributed by atoms with Crippen molar-refractivity contribution in [2.24, 2.45) is 28.8 Å². The van der Waals surface area contributed by atoms with Crippen molar-refractivity contribution < 1.29 is 63.6 Å². The number of carbonyl (C=O) groups is 1. The maximum absolute atomic E-state index is 14.3. The molecule has 1 aromatic rings. The highest BCUT2D eigenvalue weighted by Gasteiger charge is 2.53. The van der Waals surface area contributed by atoms with E-state index in [1.165, 1.54) is 21.1 Å². The van der Waals surface area contributed by atoms with Crippen LogP contribution in [0.15, 0.2) is 29.7 Å². The fourth-order valence-electron chi connectivity index (χ4n) is 9.52. The molecule has 18 atom stereocenters. The SMILES string of the molecule is CC[C@H]1OC(=O)[C@H](C)[C@@H](OC2CC(C)(OC)C(O)C(C)O2)[C@H](C)[C@@H](OC2OC(C)CC(N(C)Cc3cccnc3)C2O)[C@](C)(O)C[C@@H](C)/C(=N\OC)[C@H](C)[C@@H](O)[C@]1(C)O. The molecule has 16 heteroatoms. The van der Waals surface area contributed by atoms with E-state index in [1.807, 2.05) is 37.9 Å². The molecule has 59 heavy (non-hydrogen) atoms. The second-order valence-electron chi connectivity index (χ2n) is 18.1. The van der Waals surface area contributed by atoms with Crippen LogP contribution in [0.5, 0.6) is 0 Å². The van der Waals surface area contributed by atoms with Gasteiger partial charge in [0, 0.05) is 56.3 Å². The van der Waals surface area contributed by atoms with E-state index in [2.05, 4.69) is 10.1 Å². The molecule has 0 saturated carbocycles. The van der Waals surface area contributed by atoms with Crippen LogP contribution in [0.3, 0.4) is 0 Å². The Kier molecular flexibility index (Phi) is 16.9. The zero-order chi connectivity index (χ0) is 44.2. The first-order valence-corrected chi connectivity index (χ1v) is 21.1. The number of oxime groups is 1. The van der Waals surface area contributed by atoms with Crippen molar-refractivity contribution in [3.63, 3.8) is 0 Å². The van der Waals surface area contributed by atoms with Crippen LogP contribution in [-0.2, 0) is 44.6 Å². The van der Waals surface area contributed by atoms with Crippen LogP contribution in [-0.4, -0.2) is 153 Å². The Morgan fingerprint density at radius 2 is 1.64 bits per heavy atom. The molecule has 3 aliphatic heterocycles. The predicted molar refractivity (Wildman–Crippen MR) is 218 cm³/mol. The van der Waals surface area contributed by atoms with Gasteiger partial charge in [-0.05, 0) is 79.5 Å². The Morgan fingerprint density at radius 1 is 0.966 bits per heavy atom.